The smallest absolute Gasteiger partial charge is 0.408 e. The van der Waals surface area contributed by atoms with Crippen LogP contribution in [0.2, 0.25) is 0 Å². The molecule has 0 bridgehead atoms. The molecular formula is C17H22N2O4. The molecule has 0 saturated carbocycles. The topological polar surface area (TPSA) is 81.3 Å². The van der Waals surface area contributed by atoms with E-state index in [1.807, 2.05) is 26.0 Å². The second-order valence-corrected chi connectivity index (χ2v) is 5.59. The predicted octanol–water partition coefficient (Wildman–Crippen LogP) is 2.72. The van der Waals surface area contributed by atoms with Crippen LogP contribution < -0.4 is 11.1 Å². The summed E-state index contributed by atoms with van der Waals surface area (Å²) in [5.74, 6) is -1.01. The lowest BCUT2D eigenvalue weighted by Crippen LogP contribution is -2.43. The molecule has 124 valence electrons. The molecule has 6 heteroatoms. The number of piperidine rings is 1. The number of carbonyl (C=O) groups excluding carboxylic acids is 2. The predicted molar refractivity (Wildman–Crippen MR) is 87.3 cm³/mol. The third kappa shape index (κ3) is 3.21. The van der Waals surface area contributed by atoms with Crippen molar-refractivity contribution in [2.45, 2.75) is 52.5 Å². The van der Waals surface area contributed by atoms with Gasteiger partial charge in [0.1, 0.15) is 6.04 Å². The summed E-state index contributed by atoms with van der Waals surface area (Å²) in [7, 11) is 0. The van der Waals surface area contributed by atoms with Gasteiger partial charge < -0.3 is 4.42 Å². The third-order valence-corrected chi connectivity index (χ3v) is 3.83. The van der Waals surface area contributed by atoms with Crippen LogP contribution in [-0.2, 0) is 9.59 Å². The molecule has 23 heavy (non-hydrogen) atoms. The number of hydrogen-bond donors (Lipinski definition) is 1. The quantitative estimate of drug-likeness (QED) is 0.863. The minimum atomic E-state index is -0.693. The monoisotopic (exact) mass is 318 g/mol. The average Bonchev–Trinajstić information content (AvgIpc) is 2.84. The van der Waals surface area contributed by atoms with Crippen LogP contribution in [0.15, 0.2) is 27.4 Å². The van der Waals surface area contributed by atoms with E-state index in [2.05, 4.69) is 19.2 Å². The summed E-state index contributed by atoms with van der Waals surface area (Å²) in [5, 5.41) is 2.26. The molecule has 1 atom stereocenters. The molecule has 2 heterocycles. The van der Waals surface area contributed by atoms with E-state index in [0.717, 1.165) is 5.56 Å². The Kier molecular flexibility index (Phi) is 5.03. The minimum Gasteiger partial charge on any atom is -0.408 e. The van der Waals surface area contributed by atoms with E-state index in [4.69, 9.17) is 4.42 Å². The highest BCUT2D eigenvalue weighted by Crippen LogP contribution is 2.25. The zero-order valence-corrected chi connectivity index (χ0v) is 13.9. The SMILES string of the molecule is CC.CC(C)c1ccc2c(c1)oc(=O)n2C1CCC(=O)NC1=O. The van der Waals surface area contributed by atoms with Crippen molar-refractivity contribution in [1.29, 1.82) is 0 Å². The normalized spacial score (nSPS) is 17.9. The van der Waals surface area contributed by atoms with Gasteiger partial charge in [-0.15, -0.1) is 0 Å². The molecule has 3 rings (SSSR count). The summed E-state index contributed by atoms with van der Waals surface area (Å²) in [6.45, 7) is 8.10. The lowest BCUT2D eigenvalue weighted by atomic mass is 10.0. The second kappa shape index (κ2) is 6.81. The van der Waals surface area contributed by atoms with Crippen LogP contribution in [0.5, 0.6) is 0 Å². The Morgan fingerprint density at radius 2 is 1.91 bits per heavy atom. The highest BCUT2D eigenvalue weighted by molar-refractivity contribution is 6.00. The van der Waals surface area contributed by atoms with E-state index in [0.29, 0.717) is 23.4 Å². The highest BCUT2D eigenvalue weighted by Gasteiger charge is 2.31. The van der Waals surface area contributed by atoms with Gasteiger partial charge in [-0.3, -0.25) is 19.5 Å². The fraction of sp³-hybridized carbons (Fsp3) is 0.471. The van der Waals surface area contributed by atoms with Gasteiger partial charge in [0.15, 0.2) is 5.58 Å². The zero-order valence-electron chi connectivity index (χ0n) is 13.9. The Bertz CT molecular complexity index is 785. The fourth-order valence-corrected chi connectivity index (χ4v) is 2.64. The molecule has 2 amide bonds. The zero-order chi connectivity index (χ0) is 17.1. The molecule has 1 saturated heterocycles. The summed E-state index contributed by atoms with van der Waals surface area (Å²) in [4.78, 5) is 35.2. The molecule has 2 aromatic rings. The van der Waals surface area contributed by atoms with Crippen LogP contribution in [0.3, 0.4) is 0 Å². The van der Waals surface area contributed by atoms with Crippen molar-refractivity contribution < 1.29 is 14.0 Å². The molecule has 1 aliphatic heterocycles. The maximum Gasteiger partial charge on any atom is 0.420 e. The van der Waals surface area contributed by atoms with Gasteiger partial charge in [0.25, 0.3) is 0 Å². The van der Waals surface area contributed by atoms with Gasteiger partial charge in [0.2, 0.25) is 11.8 Å². The Morgan fingerprint density at radius 1 is 1.22 bits per heavy atom. The Hall–Kier alpha value is -2.37. The van der Waals surface area contributed by atoms with Gasteiger partial charge in [-0.05, 0) is 30.0 Å². The van der Waals surface area contributed by atoms with Gasteiger partial charge in [0.05, 0.1) is 5.52 Å². The van der Waals surface area contributed by atoms with Gasteiger partial charge in [-0.1, -0.05) is 33.8 Å². The Labute approximate surface area is 134 Å². The van der Waals surface area contributed by atoms with E-state index >= 15 is 0 Å². The van der Waals surface area contributed by atoms with Crippen molar-refractivity contribution in [2.24, 2.45) is 0 Å². The molecule has 6 nitrogen and oxygen atoms in total. The maximum absolute atomic E-state index is 12.1. The first kappa shape index (κ1) is 17.0. The minimum absolute atomic E-state index is 0.222. The number of fused-ring (bicyclic) bond motifs is 1. The molecule has 0 spiro atoms. The number of aromatic nitrogens is 1. The number of carbonyl (C=O) groups is 2. The van der Waals surface area contributed by atoms with E-state index in [1.54, 1.807) is 6.07 Å². The number of hydrogen-bond acceptors (Lipinski definition) is 4. The molecule has 0 aliphatic carbocycles. The van der Waals surface area contributed by atoms with Crippen LogP contribution in [0.1, 0.15) is 58.1 Å². The van der Waals surface area contributed by atoms with Crippen LogP contribution in [-0.4, -0.2) is 16.4 Å². The molecular weight excluding hydrogens is 296 g/mol. The standard InChI is InChI=1S/C15H16N2O4.C2H6/c1-8(2)9-3-4-10-12(7-9)21-15(20)17(10)11-5-6-13(18)16-14(11)19;1-2/h3-4,7-8,11H,5-6H2,1-2H3,(H,16,18,19);1-2H3. The number of nitrogens with one attached hydrogen (secondary N) is 1. The number of nitrogens with zero attached hydrogens (tertiary/aromatic N) is 1. The summed E-state index contributed by atoms with van der Waals surface area (Å²) in [5.41, 5.74) is 2.11. The van der Waals surface area contributed by atoms with Gasteiger partial charge in [-0.2, -0.15) is 0 Å². The van der Waals surface area contributed by atoms with Crippen LogP contribution in [0.25, 0.3) is 11.1 Å². The van der Waals surface area contributed by atoms with E-state index < -0.39 is 17.7 Å². The highest BCUT2D eigenvalue weighted by atomic mass is 16.4. The van der Waals surface area contributed by atoms with Gasteiger partial charge in [-0.25, -0.2) is 4.79 Å². The van der Waals surface area contributed by atoms with Crippen LogP contribution in [0.4, 0.5) is 0 Å². The van der Waals surface area contributed by atoms with Crippen molar-refractivity contribution >= 4 is 22.9 Å². The number of amides is 2. The largest absolute Gasteiger partial charge is 0.420 e. The van der Waals surface area contributed by atoms with Crippen molar-refractivity contribution in [3.8, 4) is 0 Å². The van der Waals surface area contributed by atoms with Crippen molar-refractivity contribution in [2.75, 3.05) is 0 Å². The molecule has 1 aromatic heterocycles. The molecule has 1 unspecified atom stereocenters. The molecule has 0 radical (unpaired) electrons. The molecule has 1 fully saturated rings. The number of imide groups is 1. The summed E-state index contributed by atoms with van der Waals surface area (Å²) < 4.78 is 6.60. The van der Waals surface area contributed by atoms with Crippen LogP contribution >= 0.6 is 0 Å². The van der Waals surface area contributed by atoms with Crippen molar-refractivity contribution in [3.63, 3.8) is 0 Å². The van der Waals surface area contributed by atoms with E-state index in [9.17, 15) is 14.4 Å². The summed E-state index contributed by atoms with van der Waals surface area (Å²) in [6.07, 6.45) is 0.532. The van der Waals surface area contributed by atoms with Crippen molar-refractivity contribution in [3.05, 3.63) is 34.3 Å². The first-order valence-corrected chi connectivity index (χ1v) is 7.96. The lowest BCUT2D eigenvalue weighted by Gasteiger charge is -2.21. The summed E-state index contributed by atoms with van der Waals surface area (Å²) in [6, 6.07) is 4.84. The molecule has 1 N–H and O–H groups in total. The number of rotatable bonds is 2. The third-order valence-electron chi connectivity index (χ3n) is 3.83. The fourth-order valence-electron chi connectivity index (χ4n) is 2.64. The number of benzene rings is 1. The number of oxazole rings is 1. The van der Waals surface area contributed by atoms with Gasteiger partial charge in [0, 0.05) is 6.42 Å². The van der Waals surface area contributed by atoms with E-state index in [1.165, 1.54) is 4.57 Å². The molecule has 1 aliphatic rings. The van der Waals surface area contributed by atoms with E-state index in [-0.39, 0.29) is 12.3 Å². The first-order valence-electron chi connectivity index (χ1n) is 7.96. The molecule has 1 aromatic carbocycles. The lowest BCUT2D eigenvalue weighted by molar-refractivity contribution is -0.135. The maximum atomic E-state index is 12.1. The van der Waals surface area contributed by atoms with Crippen molar-refractivity contribution in [1.82, 2.24) is 9.88 Å². The first-order chi connectivity index (χ1) is 11.0. The Morgan fingerprint density at radius 3 is 2.52 bits per heavy atom. The van der Waals surface area contributed by atoms with Crippen LogP contribution in [0, 0.1) is 0 Å². The van der Waals surface area contributed by atoms with Gasteiger partial charge >= 0.3 is 5.76 Å². The average molecular weight is 318 g/mol. The second-order valence-electron chi connectivity index (χ2n) is 5.59. The summed E-state index contributed by atoms with van der Waals surface area (Å²) >= 11 is 0. The Balaban J connectivity index is 0.000000924.